The standard InChI is InChI=1S/C22H25N5O/c1-16-20(17(2)27(25-16)19-10-6-5-7-11-19)12-13-21(28)24-15-18-9-8-14-23-22(18)26(3)4/h5-14H,15H2,1-4H3,(H,24,28). The van der Waals surface area contributed by atoms with Gasteiger partial charge in [0, 0.05) is 49.7 Å². The molecule has 0 atom stereocenters. The maximum atomic E-state index is 12.3. The minimum absolute atomic E-state index is 0.153. The predicted molar refractivity (Wildman–Crippen MR) is 112 cm³/mol. The molecule has 2 aromatic heterocycles. The third-order valence-electron chi connectivity index (χ3n) is 4.49. The molecule has 0 saturated carbocycles. The fourth-order valence-electron chi connectivity index (χ4n) is 3.09. The van der Waals surface area contributed by atoms with E-state index in [1.165, 1.54) is 0 Å². The summed E-state index contributed by atoms with van der Waals surface area (Å²) in [5.41, 5.74) is 4.80. The lowest BCUT2D eigenvalue weighted by atomic mass is 10.2. The van der Waals surface area contributed by atoms with Crippen molar-refractivity contribution >= 4 is 17.8 Å². The first-order valence-corrected chi connectivity index (χ1v) is 9.16. The number of carbonyl (C=O) groups excluding carboxylic acids is 1. The highest BCUT2D eigenvalue weighted by Crippen LogP contribution is 2.19. The zero-order valence-electron chi connectivity index (χ0n) is 16.7. The van der Waals surface area contributed by atoms with Crippen LogP contribution in [0.1, 0.15) is 22.5 Å². The number of rotatable bonds is 6. The van der Waals surface area contributed by atoms with Crippen molar-refractivity contribution in [3.8, 4) is 5.69 Å². The molecule has 0 saturated heterocycles. The van der Waals surface area contributed by atoms with Crippen LogP contribution in [0.3, 0.4) is 0 Å². The summed E-state index contributed by atoms with van der Waals surface area (Å²) in [6.45, 7) is 4.37. The number of nitrogens with zero attached hydrogens (tertiary/aromatic N) is 4. The van der Waals surface area contributed by atoms with Gasteiger partial charge in [-0.05, 0) is 38.1 Å². The topological polar surface area (TPSA) is 63.1 Å². The van der Waals surface area contributed by atoms with Crippen molar-refractivity contribution in [3.05, 3.63) is 77.3 Å². The normalized spacial score (nSPS) is 11.0. The number of pyridine rings is 1. The van der Waals surface area contributed by atoms with Crippen LogP contribution in [0.25, 0.3) is 11.8 Å². The van der Waals surface area contributed by atoms with Crippen molar-refractivity contribution in [2.45, 2.75) is 20.4 Å². The van der Waals surface area contributed by atoms with E-state index >= 15 is 0 Å². The number of carbonyl (C=O) groups is 1. The van der Waals surface area contributed by atoms with Crippen molar-refractivity contribution in [3.63, 3.8) is 0 Å². The molecule has 0 aliphatic carbocycles. The zero-order valence-corrected chi connectivity index (χ0v) is 16.7. The monoisotopic (exact) mass is 375 g/mol. The molecular weight excluding hydrogens is 350 g/mol. The molecule has 6 nitrogen and oxygen atoms in total. The molecule has 144 valence electrons. The number of para-hydroxylation sites is 1. The average molecular weight is 375 g/mol. The van der Waals surface area contributed by atoms with Crippen molar-refractivity contribution in [2.24, 2.45) is 0 Å². The van der Waals surface area contributed by atoms with Crippen LogP contribution in [0, 0.1) is 13.8 Å². The highest BCUT2D eigenvalue weighted by Gasteiger charge is 2.11. The number of aryl methyl sites for hydroxylation is 1. The second-order valence-corrected chi connectivity index (χ2v) is 6.76. The molecule has 3 aromatic rings. The number of benzene rings is 1. The Kier molecular flexibility index (Phi) is 5.89. The number of hydrogen-bond donors (Lipinski definition) is 1. The van der Waals surface area contributed by atoms with Crippen LogP contribution in [0.4, 0.5) is 5.82 Å². The molecule has 0 bridgehead atoms. The van der Waals surface area contributed by atoms with Gasteiger partial charge in [-0.2, -0.15) is 5.10 Å². The summed E-state index contributed by atoms with van der Waals surface area (Å²) in [7, 11) is 3.87. The predicted octanol–water partition coefficient (Wildman–Crippen LogP) is 3.28. The largest absolute Gasteiger partial charge is 0.362 e. The van der Waals surface area contributed by atoms with Crippen LogP contribution >= 0.6 is 0 Å². The number of anilines is 1. The first-order chi connectivity index (χ1) is 13.5. The van der Waals surface area contributed by atoms with E-state index in [1.807, 2.05) is 86.1 Å². The number of hydrogen-bond acceptors (Lipinski definition) is 4. The maximum absolute atomic E-state index is 12.3. The highest BCUT2D eigenvalue weighted by atomic mass is 16.1. The molecule has 0 radical (unpaired) electrons. The molecular formula is C22H25N5O. The van der Waals surface area contributed by atoms with Crippen LogP contribution in [-0.4, -0.2) is 34.8 Å². The first kappa shape index (κ1) is 19.4. The summed E-state index contributed by atoms with van der Waals surface area (Å²) in [6.07, 6.45) is 5.12. The van der Waals surface area contributed by atoms with Crippen LogP contribution in [0.2, 0.25) is 0 Å². The van der Waals surface area contributed by atoms with Gasteiger partial charge in [0.1, 0.15) is 5.82 Å². The van der Waals surface area contributed by atoms with Crippen molar-refractivity contribution < 1.29 is 4.79 Å². The van der Waals surface area contributed by atoms with E-state index in [1.54, 1.807) is 12.3 Å². The van der Waals surface area contributed by atoms with Gasteiger partial charge in [-0.25, -0.2) is 9.67 Å². The third-order valence-corrected chi connectivity index (χ3v) is 4.49. The van der Waals surface area contributed by atoms with Crippen LogP contribution in [-0.2, 0) is 11.3 Å². The van der Waals surface area contributed by atoms with Gasteiger partial charge < -0.3 is 10.2 Å². The van der Waals surface area contributed by atoms with Crippen LogP contribution < -0.4 is 10.2 Å². The summed E-state index contributed by atoms with van der Waals surface area (Å²) >= 11 is 0. The molecule has 1 aromatic carbocycles. The van der Waals surface area contributed by atoms with E-state index in [9.17, 15) is 4.79 Å². The van der Waals surface area contributed by atoms with Gasteiger partial charge in [-0.15, -0.1) is 0 Å². The van der Waals surface area contributed by atoms with Gasteiger partial charge in [0.05, 0.1) is 11.4 Å². The Hall–Kier alpha value is -3.41. The van der Waals surface area contributed by atoms with E-state index in [0.29, 0.717) is 6.54 Å². The fourth-order valence-corrected chi connectivity index (χ4v) is 3.09. The summed E-state index contributed by atoms with van der Waals surface area (Å²) in [4.78, 5) is 18.6. The molecule has 0 spiro atoms. The summed E-state index contributed by atoms with van der Waals surface area (Å²) in [5.74, 6) is 0.697. The molecule has 3 rings (SSSR count). The van der Waals surface area contributed by atoms with Gasteiger partial charge in [0.25, 0.3) is 0 Å². The Morgan fingerprint density at radius 3 is 2.61 bits per heavy atom. The number of nitrogens with one attached hydrogen (secondary N) is 1. The second kappa shape index (κ2) is 8.52. The van der Waals surface area contributed by atoms with E-state index in [4.69, 9.17) is 0 Å². The minimum Gasteiger partial charge on any atom is -0.362 e. The summed E-state index contributed by atoms with van der Waals surface area (Å²) in [5, 5.41) is 7.53. The Morgan fingerprint density at radius 2 is 1.89 bits per heavy atom. The van der Waals surface area contributed by atoms with E-state index in [2.05, 4.69) is 15.4 Å². The SMILES string of the molecule is Cc1nn(-c2ccccc2)c(C)c1C=CC(=O)NCc1cccnc1N(C)C. The van der Waals surface area contributed by atoms with Gasteiger partial charge in [0.2, 0.25) is 5.91 Å². The lowest BCUT2D eigenvalue weighted by Crippen LogP contribution is -2.22. The van der Waals surface area contributed by atoms with Crippen LogP contribution in [0.15, 0.2) is 54.7 Å². The van der Waals surface area contributed by atoms with Gasteiger partial charge in [-0.1, -0.05) is 24.3 Å². The molecule has 0 aliphatic rings. The molecule has 0 unspecified atom stereocenters. The Balaban J connectivity index is 1.71. The van der Waals surface area contributed by atoms with Crippen LogP contribution in [0.5, 0.6) is 0 Å². The third kappa shape index (κ3) is 4.28. The Labute approximate surface area is 165 Å². The maximum Gasteiger partial charge on any atom is 0.244 e. The van der Waals surface area contributed by atoms with Crippen molar-refractivity contribution in [1.82, 2.24) is 20.1 Å². The minimum atomic E-state index is -0.153. The van der Waals surface area contributed by atoms with Gasteiger partial charge >= 0.3 is 0 Å². The lowest BCUT2D eigenvalue weighted by Gasteiger charge is -2.15. The van der Waals surface area contributed by atoms with E-state index < -0.39 is 0 Å². The second-order valence-electron chi connectivity index (χ2n) is 6.76. The molecule has 6 heteroatoms. The number of aromatic nitrogens is 3. The van der Waals surface area contributed by atoms with E-state index in [-0.39, 0.29) is 5.91 Å². The Bertz CT molecular complexity index is 989. The number of amides is 1. The molecule has 2 heterocycles. The van der Waals surface area contributed by atoms with Crippen molar-refractivity contribution in [1.29, 1.82) is 0 Å². The zero-order chi connectivity index (χ0) is 20.1. The molecule has 1 N–H and O–H groups in total. The molecule has 0 aliphatic heterocycles. The molecule has 28 heavy (non-hydrogen) atoms. The first-order valence-electron chi connectivity index (χ1n) is 9.16. The smallest absolute Gasteiger partial charge is 0.244 e. The average Bonchev–Trinajstić information content (AvgIpc) is 2.99. The summed E-state index contributed by atoms with van der Waals surface area (Å²) in [6, 6.07) is 13.8. The fraction of sp³-hybridized carbons (Fsp3) is 0.227. The Morgan fingerprint density at radius 1 is 1.14 bits per heavy atom. The quantitative estimate of drug-likeness (QED) is 0.672. The van der Waals surface area contributed by atoms with Gasteiger partial charge in [0.15, 0.2) is 0 Å². The van der Waals surface area contributed by atoms with Gasteiger partial charge in [-0.3, -0.25) is 4.79 Å². The lowest BCUT2D eigenvalue weighted by molar-refractivity contribution is -0.116. The molecule has 0 fully saturated rings. The van der Waals surface area contributed by atoms with Crippen molar-refractivity contribution in [2.75, 3.05) is 19.0 Å². The summed E-state index contributed by atoms with van der Waals surface area (Å²) < 4.78 is 1.89. The highest BCUT2D eigenvalue weighted by molar-refractivity contribution is 5.92. The van der Waals surface area contributed by atoms with E-state index in [0.717, 1.165) is 34.0 Å². The molecule has 1 amide bonds.